The van der Waals surface area contributed by atoms with Gasteiger partial charge in [-0.25, -0.2) is 0 Å². The first-order valence-electron chi connectivity index (χ1n) is 5.42. The van der Waals surface area contributed by atoms with Gasteiger partial charge in [-0.3, -0.25) is 4.79 Å². The van der Waals surface area contributed by atoms with E-state index < -0.39 is 0 Å². The monoisotopic (exact) mass is 221 g/mol. The molecule has 0 radical (unpaired) electrons. The van der Waals surface area contributed by atoms with Gasteiger partial charge >= 0.3 is 0 Å². The van der Waals surface area contributed by atoms with E-state index >= 15 is 0 Å². The maximum atomic E-state index is 12.4. The van der Waals surface area contributed by atoms with E-state index in [0.717, 1.165) is 16.7 Å². The summed E-state index contributed by atoms with van der Waals surface area (Å²) in [4.78, 5) is 12.4. The number of fused-ring (bicyclic) bond motifs is 2. The molecule has 1 aliphatic carbocycles. The Hall–Kier alpha value is -2.35. The molecule has 0 atom stereocenters. The number of benzene rings is 2. The molecule has 0 saturated carbocycles. The lowest BCUT2D eigenvalue weighted by Gasteiger charge is -2.21. The number of carbonyl (C=O) groups excluding carboxylic acids is 1. The molecule has 0 aromatic heterocycles. The van der Waals surface area contributed by atoms with Gasteiger partial charge in [-0.05, 0) is 22.8 Å². The van der Waals surface area contributed by atoms with Gasteiger partial charge in [0, 0.05) is 11.3 Å². The zero-order valence-corrected chi connectivity index (χ0v) is 9.23. The van der Waals surface area contributed by atoms with E-state index in [2.05, 4.69) is 6.58 Å². The molecule has 82 valence electrons. The van der Waals surface area contributed by atoms with E-state index in [4.69, 9.17) is 5.73 Å². The van der Waals surface area contributed by atoms with Crippen molar-refractivity contribution in [2.75, 3.05) is 5.73 Å². The fourth-order valence-electron chi connectivity index (χ4n) is 2.30. The average molecular weight is 221 g/mol. The number of carbonyl (C=O) groups is 1. The minimum absolute atomic E-state index is 0.0129. The molecule has 2 nitrogen and oxygen atoms in total. The van der Waals surface area contributed by atoms with E-state index in [9.17, 15) is 4.79 Å². The summed E-state index contributed by atoms with van der Waals surface area (Å²) in [6.45, 7) is 4.06. The SMILES string of the molecule is C=C1c2ccccc2C(=O)c2c(N)cccc21. The van der Waals surface area contributed by atoms with Crippen molar-refractivity contribution >= 4 is 17.0 Å². The second-order valence-corrected chi connectivity index (χ2v) is 4.12. The van der Waals surface area contributed by atoms with E-state index in [-0.39, 0.29) is 5.78 Å². The molecule has 0 bridgehead atoms. The summed E-state index contributed by atoms with van der Waals surface area (Å²) >= 11 is 0. The highest BCUT2D eigenvalue weighted by Crippen LogP contribution is 2.36. The van der Waals surface area contributed by atoms with Gasteiger partial charge in [0.2, 0.25) is 0 Å². The van der Waals surface area contributed by atoms with Crippen molar-refractivity contribution in [1.82, 2.24) is 0 Å². The van der Waals surface area contributed by atoms with Gasteiger partial charge in [-0.15, -0.1) is 0 Å². The largest absolute Gasteiger partial charge is 0.398 e. The molecule has 3 rings (SSSR count). The van der Waals surface area contributed by atoms with Crippen molar-refractivity contribution in [2.45, 2.75) is 0 Å². The van der Waals surface area contributed by atoms with Crippen LogP contribution in [-0.4, -0.2) is 5.78 Å². The van der Waals surface area contributed by atoms with Gasteiger partial charge < -0.3 is 5.73 Å². The minimum atomic E-state index is -0.0129. The smallest absolute Gasteiger partial charge is 0.196 e. The molecule has 2 heteroatoms. The van der Waals surface area contributed by atoms with Crippen LogP contribution in [0, 0.1) is 0 Å². The van der Waals surface area contributed by atoms with Crippen LogP contribution in [0.4, 0.5) is 5.69 Å². The maximum absolute atomic E-state index is 12.4. The molecule has 1 aliphatic rings. The topological polar surface area (TPSA) is 43.1 Å². The Morgan fingerprint density at radius 1 is 0.882 bits per heavy atom. The summed E-state index contributed by atoms with van der Waals surface area (Å²) in [7, 11) is 0. The molecule has 0 amide bonds. The Morgan fingerprint density at radius 3 is 2.29 bits per heavy atom. The van der Waals surface area contributed by atoms with E-state index in [1.165, 1.54) is 0 Å². The van der Waals surface area contributed by atoms with Crippen LogP contribution in [0.3, 0.4) is 0 Å². The average Bonchev–Trinajstić information content (AvgIpc) is 2.36. The normalized spacial score (nSPS) is 13.2. The van der Waals surface area contributed by atoms with Crippen LogP contribution in [0.5, 0.6) is 0 Å². The molecule has 17 heavy (non-hydrogen) atoms. The molecule has 0 heterocycles. The third-order valence-corrected chi connectivity index (χ3v) is 3.15. The van der Waals surface area contributed by atoms with Crippen LogP contribution in [0.15, 0.2) is 49.0 Å². The van der Waals surface area contributed by atoms with E-state index in [1.807, 2.05) is 36.4 Å². The predicted octanol–water partition coefficient (Wildman–Crippen LogP) is 2.87. The van der Waals surface area contributed by atoms with Crippen molar-refractivity contribution < 1.29 is 4.79 Å². The van der Waals surface area contributed by atoms with Crippen molar-refractivity contribution in [3.63, 3.8) is 0 Å². The van der Waals surface area contributed by atoms with Crippen molar-refractivity contribution in [1.29, 1.82) is 0 Å². The van der Waals surface area contributed by atoms with Crippen LogP contribution in [-0.2, 0) is 0 Å². The number of anilines is 1. The summed E-state index contributed by atoms with van der Waals surface area (Å²) in [5.41, 5.74) is 10.3. The predicted molar refractivity (Wildman–Crippen MR) is 68.9 cm³/mol. The van der Waals surface area contributed by atoms with Gasteiger partial charge in [-0.2, -0.15) is 0 Å². The lowest BCUT2D eigenvalue weighted by atomic mass is 9.81. The number of nitrogen functional groups attached to an aromatic ring is 1. The number of hydrogen-bond donors (Lipinski definition) is 1. The summed E-state index contributed by atoms with van der Waals surface area (Å²) in [5, 5.41) is 0. The van der Waals surface area contributed by atoms with Gasteiger partial charge in [0.15, 0.2) is 5.78 Å². The Labute approximate surface area is 99.4 Å². The molecule has 0 aliphatic heterocycles. The van der Waals surface area contributed by atoms with Gasteiger partial charge in [-0.1, -0.05) is 43.0 Å². The summed E-state index contributed by atoms with van der Waals surface area (Å²) in [6, 6.07) is 13.0. The number of nitrogens with two attached hydrogens (primary N) is 1. The van der Waals surface area contributed by atoms with Crippen LogP contribution in [0.25, 0.3) is 5.57 Å². The minimum Gasteiger partial charge on any atom is -0.398 e. The maximum Gasteiger partial charge on any atom is 0.196 e. The molecular weight excluding hydrogens is 210 g/mol. The Bertz CT molecular complexity index is 656. The third-order valence-electron chi connectivity index (χ3n) is 3.15. The quantitative estimate of drug-likeness (QED) is 0.593. The second kappa shape index (κ2) is 3.32. The fraction of sp³-hybridized carbons (Fsp3) is 0. The van der Waals surface area contributed by atoms with Crippen LogP contribution < -0.4 is 5.73 Å². The first-order chi connectivity index (χ1) is 8.20. The second-order valence-electron chi connectivity index (χ2n) is 4.12. The van der Waals surface area contributed by atoms with Crippen LogP contribution in [0.1, 0.15) is 27.0 Å². The molecule has 2 N–H and O–H groups in total. The molecule has 0 saturated heterocycles. The Morgan fingerprint density at radius 2 is 1.53 bits per heavy atom. The van der Waals surface area contributed by atoms with E-state index in [1.54, 1.807) is 6.07 Å². The molecule has 0 unspecified atom stereocenters. The first-order valence-corrected chi connectivity index (χ1v) is 5.42. The lowest BCUT2D eigenvalue weighted by Crippen LogP contribution is -2.15. The van der Waals surface area contributed by atoms with Crippen molar-refractivity contribution in [2.24, 2.45) is 0 Å². The molecule has 0 fully saturated rings. The number of rotatable bonds is 0. The standard InChI is InChI=1S/C15H11NO/c1-9-10-5-2-3-6-12(10)15(17)14-11(9)7-4-8-13(14)16/h2-8H,1,16H2. The van der Waals surface area contributed by atoms with Crippen LogP contribution in [0.2, 0.25) is 0 Å². The summed E-state index contributed by atoms with van der Waals surface area (Å²) in [5.74, 6) is -0.0129. The third kappa shape index (κ3) is 1.24. The van der Waals surface area contributed by atoms with Crippen molar-refractivity contribution in [3.05, 3.63) is 71.3 Å². The highest BCUT2D eigenvalue weighted by Gasteiger charge is 2.26. The lowest BCUT2D eigenvalue weighted by molar-refractivity contribution is 0.103. The Kier molecular flexibility index (Phi) is 1.92. The van der Waals surface area contributed by atoms with Gasteiger partial charge in [0.1, 0.15) is 0 Å². The summed E-state index contributed by atoms with van der Waals surface area (Å²) in [6.07, 6.45) is 0. The zero-order chi connectivity index (χ0) is 12.0. The van der Waals surface area contributed by atoms with Gasteiger partial charge in [0.25, 0.3) is 0 Å². The van der Waals surface area contributed by atoms with E-state index in [0.29, 0.717) is 16.8 Å². The number of hydrogen-bond acceptors (Lipinski definition) is 2. The molecule has 2 aromatic carbocycles. The summed E-state index contributed by atoms with van der Waals surface area (Å²) < 4.78 is 0. The molecule has 0 spiro atoms. The highest BCUT2D eigenvalue weighted by atomic mass is 16.1. The fourth-order valence-corrected chi connectivity index (χ4v) is 2.30. The highest BCUT2D eigenvalue weighted by molar-refractivity contribution is 6.20. The van der Waals surface area contributed by atoms with Crippen LogP contribution >= 0.6 is 0 Å². The molecule has 2 aromatic rings. The first kappa shape index (κ1) is 9.85. The zero-order valence-electron chi connectivity index (χ0n) is 9.23. The number of ketones is 1. The Balaban J connectivity index is 2.37. The van der Waals surface area contributed by atoms with Gasteiger partial charge in [0.05, 0.1) is 5.56 Å². The van der Waals surface area contributed by atoms with Crippen molar-refractivity contribution in [3.8, 4) is 0 Å². The molecular formula is C15H11NO.